The Kier molecular flexibility index (Phi) is 7.03. The monoisotopic (exact) mass is 451 g/mol. The van der Waals surface area contributed by atoms with Crippen molar-refractivity contribution in [1.29, 1.82) is 0 Å². The number of hydrogen-bond acceptors (Lipinski definition) is 3. The van der Waals surface area contributed by atoms with E-state index in [1.54, 1.807) is 6.07 Å². The van der Waals surface area contributed by atoms with Crippen molar-refractivity contribution in [2.75, 3.05) is 44.2 Å². The number of nitrogens with one attached hydrogen (secondary N) is 1. The van der Waals surface area contributed by atoms with Crippen LogP contribution in [0.5, 0.6) is 0 Å². The second-order valence-corrected chi connectivity index (χ2v) is 9.95. The predicted octanol–water partition coefficient (Wildman–Crippen LogP) is 4.89. The number of hydrogen-bond donors (Lipinski definition) is 1. The number of benzene rings is 1. The lowest BCUT2D eigenvalue weighted by atomic mass is 9.86. The molecule has 0 radical (unpaired) electrons. The molecule has 4 nitrogen and oxygen atoms in total. The molecule has 32 heavy (non-hydrogen) atoms. The summed E-state index contributed by atoms with van der Waals surface area (Å²) >= 11 is 0. The first-order chi connectivity index (χ1) is 15.3. The molecule has 1 aromatic carbocycles. The number of piperidine rings is 2. The van der Waals surface area contributed by atoms with Gasteiger partial charge in [0.1, 0.15) is 0 Å². The third kappa shape index (κ3) is 5.24. The highest BCUT2D eigenvalue weighted by Gasteiger charge is 2.45. The van der Waals surface area contributed by atoms with Crippen LogP contribution in [0.2, 0.25) is 0 Å². The van der Waals surface area contributed by atoms with Crippen molar-refractivity contribution in [3.05, 3.63) is 29.3 Å². The van der Waals surface area contributed by atoms with Gasteiger partial charge in [0.25, 0.3) is 0 Å². The van der Waals surface area contributed by atoms with Crippen molar-refractivity contribution in [3.8, 4) is 0 Å². The number of carbonyl (C=O) groups is 1. The molecule has 7 heteroatoms. The molecule has 4 rings (SSSR count). The predicted molar refractivity (Wildman–Crippen MR) is 121 cm³/mol. The fourth-order valence-corrected chi connectivity index (χ4v) is 5.34. The van der Waals surface area contributed by atoms with Crippen LogP contribution < -0.4 is 10.2 Å². The number of likely N-dealkylation sites (tertiary alicyclic amines) is 1. The van der Waals surface area contributed by atoms with Gasteiger partial charge in [-0.15, -0.1) is 0 Å². The van der Waals surface area contributed by atoms with Crippen LogP contribution in [0, 0.1) is 17.8 Å². The Balaban J connectivity index is 1.44. The van der Waals surface area contributed by atoms with E-state index in [2.05, 4.69) is 24.1 Å². The quantitative estimate of drug-likeness (QED) is 0.669. The molecule has 3 fully saturated rings. The molecule has 2 atom stereocenters. The number of anilines is 1. The Morgan fingerprint density at radius 3 is 2.41 bits per heavy atom. The highest BCUT2D eigenvalue weighted by atomic mass is 19.4. The minimum atomic E-state index is -4.33. The summed E-state index contributed by atoms with van der Waals surface area (Å²) in [6.45, 7) is 9.13. The van der Waals surface area contributed by atoms with E-state index in [0.717, 1.165) is 69.5 Å². The molecule has 1 aliphatic carbocycles. The molecule has 178 valence electrons. The Morgan fingerprint density at radius 1 is 1.09 bits per heavy atom. The normalized spacial score (nSPS) is 25.3. The van der Waals surface area contributed by atoms with Crippen molar-refractivity contribution in [2.45, 2.75) is 58.0 Å². The lowest BCUT2D eigenvalue weighted by Crippen LogP contribution is -2.40. The number of nitrogens with zero attached hydrogens (tertiary/aromatic N) is 2. The average Bonchev–Trinajstić information content (AvgIpc) is 3.56. The van der Waals surface area contributed by atoms with Crippen LogP contribution in [-0.4, -0.2) is 50.1 Å². The minimum absolute atomic E-state index is 0.155. The summed E-state index contributed by atoms with van der Waals surface area (Å²) in [4.78, 5) is 17.0. The Bertz CT molecular complexity index is 796. The molecule has 0 bridgehead atoms. The van der Waals surface area contributed by atoms with Gasteiger partial charge < -0.3 is 15.1 Å². The topological polar surface area (TPSA) is 35.6 Å². The third-order valence-electron chi connectivity index (χ3n) is 7.62. The van der Waals surface area contributed by atoms with Crippen LogP contribution in [0.3, 0.4) is 0 Å². The number of rotatable bonds is 6. The molecule has 3 aliphatic rings. The third-order valence-corrected chi connectivity index (χ3v) is 7.62. The number of carbonyl (C=O) groups excluding carboxylic acids is 1. The smallest absolute Gasteiger partial charge is 0.371 e. The SMILES string of the molecule is CCNCC1CC1C(=O)N1CCC(c2ccc(C(F)(F)F)cc2N2CCC(C)CC2)CC1. The highest BCUT2D eigenvalue weighted by Crippen LogP contribution is 2.43. The first-order valence-electron chi connectivity index (χ1n) is 12.2. The fraction of sp³-hybridized carbons (Fsp3) is 0.720. The van der Waals surface area contributed by atoms with E-state index in [9.17, 15) is 18.0 Å². The van der Waals surface area contributed by atoms with Gasteiger partial charge in [-0.25, -0.2) is 0 Å². The Labute approximate surface area is 189 Å². The summed E-state index contributed by atoms with van der Waals surface area (Å²) < 4.78 is 40.3. The van der Waals surface area contributed by atoms with Gasteiger partial charge in [-0.3, -0.25) is 4.79 Å². The maximum atomic E-state index is 13.4. The molecule has 2 aliphatic heterocycles. The lowest BCUT2D eigenvalue weighted by Gasteiger charge is -2.37. The van der Waals surface area contributed by atoms with Crippen LogP contribution in [0.25, 0.3) is 0 Å². The van der Waals surface area contributed by atoms with E-state index < -0.39 is 11.7 Å². The molecule has 0 spiro atoms. The Morgan fingerprint density at radius 2 is 1.78 bits per heavy atom. The van der Waals surface area contributed by atoms with Gasteiger partial charge in [0.2, 0.25) is 5.91 Å². The van der Waals surface area contributed by atoms with Crippen molar-refractivity contribution >= 4 is 11.6 Å². The van der Waals surface area contributed by atoms with E-state index in [4.69, 9.17) is 0 Å². The molecule has 1 saturated carbocycles. The van der Waals surface area contributed by atoms with Crippen molar-refractivity contribution in [3.63, 3.8) is 0 Å². The number of halogens is 3. The van der Waals surface area contributed by atoms with Gasteiger partial charge in [-0.05, 0) is 80.6 Å². The molecular formula is C25H36F3N3O. The fourth-order valence-electron chi connectivity index (χ4n) is 5.34. The van der Waals surface area contributed by atoms with E-state index in [1.165, 1.54) is 12.1 Å². The molecule has 2 heterocycles. The first kappa shape index (κ1) is 23.4. The standard InChI is InChI=1S/C25H36F3N3O/c1-3-29-16-19-14-22(19)24(32)31-12-8-18(9-13-31)21-5-4-20(25(26,27)28)15-23(21)30-10-6-17(2)7-11-30/h4-5,15,17-19,22,29H,3,6-14,16H2,1-2H3. The second kappa shape index (κ2) is 9.62. The zero-order chi connectivity index (χ0) is 22.9. The average molecular weight is 452 g/mol. The second-order valence-electron chi connectivity index (χ2n) is 9.95. The van der Waals surface area contributed by atoms with Gasteiger partial charge in [-0.2, -0.15) is 13.2 Å². The van der Waals surface area contributed by atoms with Crippen molar-refractivity contribution in [1.82, 2.24) is 10.2 Å². The van der Waals surface area contributed by atoms with Gasteiger partial charge in [0.15, 0.2) is 0 Å². The number of amides is 1. The van der Waals surface area contributed by atoms with Gasteiger partial charge in [0, 0.05) is 37.8 Å². The van der Waals surface area contributed by atoms with Crippen LogP contribution >= 0.6 is 0 Å². The number of alkyl halides is 3. The summed E-state index contributed by atoms with van der Waals surface area (Å²) in [5.74, 6) is 1.70. The molecule has 0 aromatic heterocycles. The maximum absolute atomic E-state index is 13.4. The zero-order valence-electron chi connectivity index (χ0n) is 19.3. The largest absolute Gasteiger partial charge is 0.416 e. The Hall–Kier alpha value is -1.76. The molecule has 1 amide bonds. The summed E-state index contributed by atoms with van der Waals surface area (Å²) in [6.07, 6.45) is 0.301. The van der Waals surface area contributed by atoms with E-state index in [0.29, 0.717) is 24.9 Å². The van der Waals surface area contributed by atoms with Crippen LogP contribution in [0.15, 0.2) is 18.2 Å². The molecule has 2 saturated heterocycles. The first-order valence-corrected chi connectivity index (χ1v) is 12.2. The van der Waals surface area contributed by atoms with E-state index in [1.807, 2.05) is 4.90 Å². The van der Waals surface area contributed by atoms with Crippen LogP contribution in [0.4, 0.5) is 18.9 Å². The van der Waals surface area contributed by atoms with E-state index >= 15 is 0 Å². The summed E-state index contributed by atoms with van der Waals surface area (Å²) in [6, 6.07) is 4.29. The summed E-state index contributed by atoms with van der Waals surface area (Å²) in [7, 11) is 0. The van der Waals surface area contributed by atoms with E-state index in [-0.39, 0.29) is 17.7 Å². The zero-order valence-corrected chi connectivity index (χ0v) is 19.3. The molecule has 1 aromatic rings. The van der Waals surface area contributed by atoms with Gasteiger partial charge in [-0.1, -0.05) is 19.9 Å². The highest BCUT2D eigenvalue weighted by molar-refractivity contribution is 5.81. The summed E-state index contributed by atoms with van der Waals surface area (Å²) in [5, 5.41) is 3.33. The van der Waals surface area contributed by atoms with Crippen LogP contribution in [0.1, 0.15) is 63.0 Å². The molecule has 1 N–H and O–H groups in total. The van der Waals surface area contributed by atoms with Gasteiger partial charge in [0.05, 0.1) is 5.56 Å². The molecule has 2 unspecified atom stereocenters. The van der Waals surface area contributed by atoms with Gasteiger partial charge >= 0.3 is 6.18 Å². The maximum Gasteiger partial charge on any atom is 0.416 e. The minimum Gasteiger partial charge on any atom is -0.371 e. The molecular weight excluding hydrogens is 415 g/mol. The van der Waals surface area contributed by atoms with Crippen molar-refractivity contribution < 1.29 is 18.0 Å². The van der Waals surface area contributed by atoms with Crippen molar-refractivity contribution in [2.24, 2.45) is 17.8 Å². The lowest BCUT2D eigenvalue weighted by molar-refractivity contribution is -0.137. The summed E-state index contributed by atoms with van der Waals surface area (Å²) in [5.41, 5.74) is 1.21. The van der Waals surface area contributed by atoms with Crippen LogP contribution in [-0.2, 0) is 11.0 Å².